The van der Waals surface area contributed by atoms with Crippen LogP contribution in [0.15, 0.2) is 24.3 Å². The molecule has 2 nitrogen and oxygen atoms in total. The zero-order chi connectivity index (χ0) is 9.26. The first-order chi connectivity index (χ1) is 6.25. The molecule has 1 saturated carbocycles. The normalized spacial score (nSPS) is 15.7. The zero-order valence-corrected chi connectivity index (χ0v) is 7.49. The van der Waals surface area contributed by atoms with Gasteiger partial charge in [0.25, 0.3) is 0 Å². The molecule has 2 heteroatoms. The Kier molecular flexibility index (Phi) is 2.05. The van der Waals surface area contributed by atoms with E-state index >= 15 is 0 Å². The number of anilines is 1. The van der Waals surface area contributed by atoms with Gasteiger partial charge in [-0.25, -0.2) is 0 Å². The molecule has 1 aliphatic carbocycles. The highest BCUT2D eigenvalue weighted by Crippen LogP contribution is 2.33. The van der Waals surface area contributed by atoms with Crippen LogP contribution < -0.4 is 5.73 Å². The number of rotatable bonds is 3. The Morgan fingerprint density at radius 2 is 2.23 bits per heavy atom. The van der Waals surface area contributed by atoms with Gasteiger partial charge in [0.05, 0.1) is 0 Å². The minimum atomic E-state index is 0.231. The van der Waals surface area contributed by atoms with E-state index in [2.05, 4.69) is 0 Å². The highest BCUT2D eigenvalue weighted by Gasteiger charge is 2.24. The van der Waals surface area contributed by atoms with E-state index in [9.17, 15) is 4.79 Å². The predicted octanol–water partition coefficient (Wildman–Crippen LogP) is 2.25. The van der Waals surface area contributed by atoms with Crippen molar-refractivity contribution >= 4 is 11.5 Å². The summed E-state index contributed by atoms with van der Waals surface area (Å²) in [5.74, 6) is 0.878. The van der Waals surface area contributed by atoms with E-state index in [4.69, 9.17) is 5.73 Å². The molecule has 0 bridgehead atoms. The Bertz CT molecular complexity index is 329. The van der Waals surface area contributed by atoms with Crippen molar-refractivity contribution in [1.29, 1.82) is 0 Å². The molecule has 13 heavy (non-hydrogen) atoms. The zero-order valence-electron chi connectivity index (χ0n) is 7.49. The number of ketones is 1. The minimum absolute atomic E-state index is 0.231. The molecule has 2 N–H and O–H groups in total. The summed E-state index contributed by atoms with van der Waals surface area (Å²) in [5, 5.41) is 0. The van der Waals surface area contributed by atoms with Crippen molar-refractivity contribution in [2.75, 3.05) is 5.73 Å². The maximum Gasteiger partial charge on any atom is 0.163 e. The summed E-state index contributed by atoms with van der Waals surface area (Å²) < 4.78 is 0. The Labute approximate surface area is 77.8 Å². The minimum Gasteiger partial charge on any atom is -0.399 e. The number of nitrogen functional groups attached to an aromatic ring is 1. The van der Waals surface area contributed by atoms with Crippen LogP contribution in [-0.4, -0.2) is 5.78 Å². The second-order valence-electron chi connectivity index (χ2n) is 3.70. The molecular weight excluding hydrogens is 162 g/mol. The number of nitrogens with two attached hydrogens (primary N) is 1. The highest BCUT2D eigenvalue weighted by atomic mass is 16.1. The van der Waals surface area contributed by atoms with Gasteiger partial charge < -0.3 is 5.73 Å². The summed E-state index contributed by atoms with van der Waals surface area (Å²) in [4.78, 5) is 11.6. The van der Waals surface area contributed by atoms with Crippen molar-refractivity contribution in [2.45, 2.75) is 19.3 Å². The number of Topliss-reactive ketones (excluding diaryl/α,β-unsaturated/α-hetero) is 1. The summed E-state index contributed by atoms with van der Waals surface area (Å²) in [7, 11) is 0. The summed E-state index contributed by atoms with van der Waals surface area (Å²) >= 11 is 0. The molecule has 0 unspecified atom stereocenters. The molecular formula is C11H13NO. The van der Waals surface area contributed by atoms with Crippen LogP contribution in [0.1, 0.15) is 29.6 Å². The highest BCUT2D eigenvalue weighted by molar-refractivity contribution is 5.97. The third kappa shape index (κ3) is 2.08. The molecule has 0 radical (unpaired) electrons. The first-order valence-electron chi connectivity index (χ1n) is 4.64. The first-order valence-corrected chi connectivity index (χ1v) is 4.64. The monoisotopic (exact) mass is 175 g/mol. The molecule has 0 aliphatic heterocycles. The van der Waals surface area contributed by atoms with Crippen LogP contribution in [0.4, 0.5) is 5.69 Å². The van der Waals surface area contributed by atoms with Crippen LogP contribution >= 0.6 is 0 Å². The van der Waals surface area contributed by atoms with Gasteiger partial charge in [-0.15, -0.1) is 0 Å². The van der Waals surface area contributed by atoms with Gasteiger partial charge in [0.15, 0.2) is 5.78 Å². The van der Waals surface area contributed by atoms with Crippen molar-refractivity contribution in [3.8, 4) is 0 Å². The summed E-state index contributed by atoms with van der Waals surface area (Å²) in [6.07, 6.45) is 3.13. The van der Waals surface area contributed by atoms with Gasteiger partial charge in [0, 0.05) is 17.7 Å². The Morgan fingerprint density at radius 3 is 2.85 bits per heavy atom. The van der Waals surface area contributed by atoms with Crippen LogP contribution in [0.25, 0.3) is 0 Å². The smallest absolute Gasteiger partial charge is 0.163 e. The van der Waals surface area contributed by atoms with Crippen molar-refractivity contribution < 1.29 is 4.79 Å². The molecule has 0 amide bonds. The van der Waals surface area contributed by atoms with E-state index in [1.54, 1.807) is 12.1 Å². The van der Waals surface area contributed by atoms with Crippen molar-refractivity contribution in [2.24, 2.45) is 5.92 Å². The van der Waals surface area contributed by atoms with Gasteiger partial charge in [-0.2, -0.15) is 0 Å². The third-order valence-electron chi connectivity index (χ3n) is 2.38. The molecule has 0 saturated heterocycles. The van der Waals surface area contributed by atoms with E-state index in [1.807, 2.05) is 12.1 Å². The quantitative estimate of drug-likeness (QED) is 0.565. The van der Waals surface area contributed by atoms with E-state index in [1.165, 1.54) is 12.8 Å². The molecule has 0 atom stereocenters. The summed E-state index contributed by atoms with van der Waals surface area (Å²) in [6, 6.07) is 7.22. The molecule has 2 rings (SSSR count). The molecule has 0 spiro atoms. The fourth-order valence-corrected chi connectivity index (χ4v) is 1.41. The molecule has 1 aromatic carbocycles. The lowest BCUT2D eigenvalue weighted by molar-refractivity contribution is 0.0976. The number of hydrogen-bond acceptors (Lipinski definition) is 2. The van der Waals surface area contributed by atoms with Gasteiger partial charge in [-0.05, 0) is 30.9 Å². The fourth-order valence-electron chi connectivity index (χ4n) is 1.41. The largest absolute Gasteiger partial charge is 0.399 e. The second kappa shape index (κ2) is 3.21. The topological polar surface area (TPSA) is 43.1 Å². The molecule has 68 valence electrons. The maximum absolute atomic E-state index is 11.6. The van der Waals surface area contributed by atoms with Gasteiger partial charge in [0.1, 0.15) is 0 Å². The first kappa shape index (κ1) is 8.30. The summed E-state index contributed by atoms with van der Waals surface area (Å²) in [5.41, 5.74) is 7.02. The van der Waals surface area contributed by atoms with Gasteiger partial charge in [-0.1, -0.05) is 12.1 Å². The number of carbonyl (C=O) groups is 1. The molecule has 1 aliphatic rings. The van der Waals surface area contributed by atoms with E-state index in [-0.39, 0.29) is 5.78 Å². The summed E-state index contributed by atoms with van der Waals surface area (Å²) in [6.45, 7) is 0. The van der Waals surface area contributed by atoms with Crippen LogP contribution in [-0.2, 0) is 0 Å². The molecule has 0 aromatic heterocycles. The van der Waals surface area contributed by atoms with E-state index in [0.29, 0.717) is 18.0 Å². The van der Waals surface area contributed by atoms with Gasteiger partial charge >= 0.3 is 0 Å². The average Bonchev–Trinajstić information content (AvgIpc) is 2.88. The predicted molar refractivity (Wildman–Crippen MR) is 52.5 cm³/mol. The average molecular weight is 175 g/mol. The Morgan fingerprint density at radius 1 is 1.46 bits per heavy atom. The lowest BCUT2D eigenvalue weighted by atomic mass is 10.1. The maximum atomic E-state index is 11.6. The van der Waals surface area contributed by atoms with E-state index < -0.39 is 0 Å². The van der Waals surface area contributed by atoms with Crippen LogP contribution in [0.5, 0.6) is 0 Å². The lowest BCUT2D eigenvalue weighted by Gasteiger charge is -2.00. The number of carbonyl (C=O) groups excluding carboxylic acids is 1. The molecule has 0 heterocycles. The molecule has 1 aromatic rings. The van der Waals surface area contributed by atoms with Crippen molar-refractivity contribution in [1.82, 2.24) is 0 Å². The Balaban J connectivity index is 2.09. The molecule has 1 fully saturated rings. The van der Waals surface area contributed by atoms with Crippen LogP contribution in [0.2, 0.25) is 0 Å². The Hall–Kier alpha value is -1.31. The fraction of sp³-hybridized carbons (Fsp3) is 0.364. The standard InChI is InChI=1S/C11H13NO/c12-10-3-1-2-9(7-10)11(13)6-8-4-5-8/h1-3,7-8H,4-6,12H2. The lowest BCUT2D eigenvalue weighted by Crippen LogP contribution is -2.00. The number of hydrogen-bond donors (Lipinski definition) is 1. The van der Waals surface area contributed by atoms with E-state index in [0.717, 1.165) is 5.56 Å². The SMILES string of the molecule is Nc1cccc(C(=O)CC2CC2)c1. The third-order valence-corrected chi connectivity index (χ3v) is 2.38. The number of benzene rings is 1. The van der Waals surface area contributed by atoms with Crippen LogP contribution in [0, 0.1) is 5.92 Å². The van der Waals surface area contributed by atoms with Crippen molar-refractivity contribution in [3.05, 3.63) is 29.8 Å². The van der Waals surface area contributed by atoms with Crippen LogP contribution in [0.3, 0.4) is 0 Å². The van der Waals surface area contributed by atoms with Gasteiger partial charge in [-0.3, -0.25) is 4.79 Å². The second-order valence-corrected chi connectivity index (χ2v) is 3.70. The van der Waals surface area contributed by atoms with Gasteiger partial charge in [0.2, 0.25) is 0 Å². The van der Waals surface area contributed by atoms with Crippen molar-refractivity contribution in [3.63, 3.8) is 0 Å².